The number of hydrogen-bond donors (Lipinski definition) is 0. The molecule has 0 spiro atoms. The zero-order chi connectivity index (χ0) is 20.3. The smallest absolute Gasteiger partial charge is 0.180 e. The number of rotatable bonds is 5. The maximum absolute atomic E-state index is 4.82. The average Bonchev–Trinajstić information content (AvgIpc) is 3.24. The Bertz CT molecular complexity index is 1130. The molecule has 7 heteroatoms. The first-order valence-corrected chi connectivity index (χ1v) is 10.4. The molecular weight excluding hydrogens is 374 g/mol. The summed E-state index contributed by atoms with van der Waals surface area (Å²) >= 11 is 0. The van der Waals surface area contributed by atoms with E-state index < -0.39 is 0 Å². The molecule has 0 atom stereocenters. The van der Waals surface area contributed by atoms with Gasteiger partial charge in [-0.2, -0.15) is 0 Å². The molecule has 4 heterocycles. The normalized spacial score (nSPS) is 15.0. The van der Waals surface area contributed by atoms with E-state index in [9.17, 15) is 0 Å². The molecule has 0 radical (unpaired) electrons. The Balaban J connectivity index is 1.42. The predicted octanol–water partition coefficient (Wildman–Crippen LogP) is 2.72. The Morgan fingerprint density at radius 2 is 1.70 bits per heavy atom. The van der Waals surface area contributed by atoms with Gasteiger partial charge in [-0.15, -0.1) is 0 Å². The van der Waals surface area contributed by atoms with Crippen LogP contribution in [-0.4, -0.2) is 62.5 Å². The third-order valence-corrected chi connectivity index (χ3v) is 5.66. The highest BCUT2D eigenvalue weighted by Crippen LogP contribution is 2.24. The van der Waals surface area contributed by atoms with Gasteiger partial charge in [0, 0.05) is 51.2 Å². The Labute approximate surface area is 176 Å². The van der Waals surface area contributed by atoms with Crippen molar-refractivity contribution in [3.05, 3.63) is 72.6 Å². The van der Waals surface area contributed by atoms with Crippen molar-refractivity contribution in [1.82, 2.24) is 29.2 Å². The maximum atomic E-state index is 4.82. The molecule has 1 aliphatic heterocycles. The number of anilines is 1. The fraction of sp³-hybridized carbons (Fsp3) is 0.304. The second-order valence-corrected chi connectivity index (χ2v) is 7.72. The first-order valence-electron chi connectivity index (χ1n) is 10.4. The highest BCUT2D eigenvalue weighted by atomic mass is 15.3. The first kappa shape index (κ1) is 18.7. The van der Waals surface area contributed by atoms with Crippen LogP contribution in [-0.2, 0) is 12.8 Å². The quantitative estimate of drug-likeness (QED) is 0.514. The maximum Gasteiger partial charge on any atom is 0.180 e. The van der Waals surface area contributed by atoms with E-state index in [1.807, 2.05) is 36.9 Å². The molecule has 0 N–H and O–H groups in total. The van der Waals surface area contributed by atoms with Crippen molar-refractivity contribution in [2.75, 3.05) is 38.1 Å². The number of piperazine rings is 1. The van der Waals surface area contributed by atoms with Crippen LogP contribution in [0.1, 0.15) is 11.4 Å². The summed E-state index contributed by atoms with van der Waals surface area (Å²) in [5.41, 5.74) is 4.02. The zero-order valence-electron chi connectivity index (χ0n) is 17.1. The molecule has 1 saturated heterocycles. The molecule has 1 fully saturated rings. The lowest BCUT2D eigenvalue weighted by Gasteiger charge is -2.33. The van der Waals surface area contributed by atoms with E-state index in [1.54, 1.807) is 0 Å². The van der Waals surface area contributed by atoms with E-state index in [2.05, 4.69) is 55.5 Å². The summed E-state index contributed by atoms with van der Waals surface area (Å²) in [7, 11) is 2.16. The molecular formula is C23H25N7. The van der Waals surface area contributed by atoms with Crippen LogP contribution in [0.4, 0.5) is 5.82 Å². The summed E-state index contributed by atoms with van der Waals surface area (Å²) in [6.07, 6.45) is 9.27. The minimum atomic E-state index is 0.808. The van der Waals surface area contributed by atoms with Crippen LogP contribution < -0.4 is 4.90 Å². The third kappa shape index (κ3) is 3.76. The molecule has 0 aliphatic carbocycles. The van der Waals surface area contributed by atoms with Crippen LogP contribution in [0.3, 0.4) is 0 Å². The Morgan fingerprint density at radius 1 is 0.867 bits per heavy atom. The molecule has 0 unspecified atom stereocenters. The lowest BCUT2D eigenvalue weighted by atomic mass is 10.1. The van der Waals surface area contributed by atoms with Crippen LogP contribution in [0, 0.1) is 0 Å². The van der Waals surface area contributed by atoms with E-state index in [4.69, 9.17) is 9.97 Å². The fourth-order valence-electron chi connectivity index (χ4n) is 3.90. The molecule has 0 amide bonds. The van der Waals surface area contributed by atoms with Crippen LogP contribution in [0.5, 0.6) is 0 Å². The van der Waals surface area contributed by atoms with E-state index >= 15 is 0 Å². The van der Waals surface area contributed by atoms with Gasteiger partial charge in [0.25, 0.3) is 0 Å². The van der Waals surface area contributed by atoms with Gasteiger partial charge < -0.3 is 9.80 Å². The summed E-state index contributed by atoms with van der Waals surface area (Å²) in [4.78, 5) is 23.3. The van der Waals surface area contributed by atoms with Gasteiger partial charge in [-0.05, 0) is 25.1 Å². The molecule has 1 aromatic carbocycles. The highest BCUT2D eigenvalue weighted by molar-refractivity contribution is 5.70. The lowest BCUT2D eigenvalue weighted by molar-refractivity contribution is 0.312. The molecule has 0 saturated carbocycles. The molecule has 30 heavy (non-hydrogen) atoms. The molecule has 152 valence electrons. The van der Waals surface area contributed by atoms with Gasteiger partial charge in [0.15, 0.2) is 11.5 Å². The highest BCUT2D eigenvalue weighted by Gasteiger charge is 2.20. The second kappa shape index (κ2) is 8.20. The van der Waals surface area contributed by atoms with Crippen LogP contribution in [0.25, 0.3) is 17.0 Å². The van der Waals surface area contributed by atoms with E-state index in [1.165, 1.54) is 5.56 Å². The van der Waals surface area contributed by atoms with Crippen molar-refractivity contribution in [2.45, 2.75) is 12.8 Å². The van der Waals surface area contributed by atoms with E-state index in [0.29, 0.717) is 0 Å². The van der Waals surface area contributed by atoms with E-state index in [0.717, 1.165) is 67.7 Å². The molecule has 5 rings (SSSR count). The van der Waals surface area contributed by atoms with Gasteiger partial charge >= 0.3 is 0 Å². The second-order valence-electron chi connectivity index (χ2n) is 7.72. The number of aromatic nitrogens is 5. The fourth-order valence-corrected chi connectivity index (χ4v) is 3.90. The summed E-state index contributed by atoms with van der Waals surface area (Å²) < 4.78 is 2.09. The first-order chi connectivity index (χ1) is 14.8. The van der Waals surface area contributed by atoms with Gasteiger partial charge in [0.05, 0.1) is 17.6 Å². The Kier molecular flexibility index (Phi) is 5.11. The van der Waals surface area contributed by atoms with Crippen molar-refractivity contribution >= 4 is 11.5 Å². The summed E-state index contributed by atoms with van der Waals surface area (Å²) in [5.74, 6) is 1.79. The van der Waals surface area contributed by atoms with Crippen LogP contribution >= 0.6 is 0 Å². The minimum absolute atomic E-state index is 0.808. The third-order valence-electron chi connectivity index (χ3n) is 5.66. The number of imidazole rings is 1. The van der Waals surface area contributed by atoms with Crippen molar-refractivity contribution < 1.29 is 0 Å². The zero-order valence-corrected chi connectivity index (χ0v) is 17.1. The number of likely N-dealkylation sites (N-methyl/N-ethyl adjacent to an activating group) is 1. The molecule has 0 bridgehead atoms. The van der Waals surface area contributed by atoms with Crippen molar-refractivity contribution in [2.24, 2.45) is 0 Å². The summed E-state index contributed by atoms with van der Waals surface area (Å²) in [6, 6.07) is 12.4. The van der Waals surface area contributed by atoms with Gasteiger partial charge in [-0.25, -0.2) is 19.9 Å². The monoisotopic (exact) mass is 399 g/mol. The summed E-state index contributed by atoms with van der Waals surface area (Å²) in [6.45, 7) is 3.99. The lowest BCUT2D eigenvalue weighted by Crippen LogP contribution is -2.45. The van der Waals surface area contributed by atoms with E-state index in [-0.39, 0.29) is 0 Å². The van der Waals surface area contributed by atoms with Gasteiger partial charge in [-0.1, -0.05) is 30.3 Å². The summed E-state index contributed by atoms with van der Waals surface area (Å²) in [5, 5.41) is 0. The number of benzene rings is 1. The molecule has 3 aromatic heterocycles. The molecule has 4 aromatic rings. The van der Waals surface area contributed by atoms with Crippen molar-refractivity contribution in [3.63, 3.8) is 0 Å². The van der Waals surface area contributed by atoms with Gasteiger partial charge in [0.2, 0.25) is 0 Å². The molecule has 1 aliphatic rings. The SMILES string of the molecule is CN1CCN(c2nccn3c(-c4ccnc(CCc5ccccc5)n4)cnc23)CC1. The molecule has 7 nitrogen and oxygen atoms in total. The van der Waals surface area contributed by atoms with Crippen molar-refractivity contribution in [3.8, 4) is 11.4 Å². The van der Waals surface area contributed by atoms with Gasteiger partial charge in [-0.3, -0.25) is 4.40 Å². The predicted molar refractivity (Wildman–Crippen MR) is 118 cm³/mol. The standard InChI is InChI=1S/C23H25N7/c1-28-13-15-29(16-14-28)22-23-26-17-20(30(23)12-11-25-22)19-9-10-24-21(27-19)8-7-18-5-3-2-4-6-18/h2-6,9-12,17H,7-8,13-16H2,1H3. The number of fused-ring (bicyclic) bond motifs is 1. The number of hydrogen-bond acceptors (Lipinski definition) is 6. The van der Waals surface area contributed by atoms with Gasteiger partial charge in [0.1, 0.15) is 5.82 Å². The average molecular weight is 400 g/mol. The Hall–Kier alpha value is -3.32. The largest absolute Gasteiger partial charge is 0.351 e. The van der Waals surface area contributed by atoms with Crippen LogP contribution in [0.15, 0.2) is 61.2 Å². The topological polar surface area (TPSA) is 62.5 Å². The number of nitrogens with zero attached hydrogens (tertiary/aromatic N) is 7. The number of aryl methyl sites for hydroxylation is 2. The Morgan fingerprint density at radius 3 is 2.53 bits per heavy atom. The van der Waals surface area contributed by atoms with Crippen LogP contribution in [0.2, 0.25) is 0 Å². The minimum Gasteiger partial charge on any atom is -0.351 e. The van der Waals surface area contributed by atoms with Crippen molar-refractivity contribution in [1.29, 1.82) is 0 Å².